The number of ketones is 1. The van der Waals surface area contributed by atoms with Crippen LogP contribution in [-0.4, -0.2) is 206 Å². The molecule has 25 heteroatoms. The fourth-order valence-electron chi connectivity index (χ4n) is 14.0. The van der Waals surface area contributed by atoms with E-state index in [1.807, 2.05) is 143 Å². The molecule has 103 heavy (non-hydrogen) atoms. The highest BCUT2D eigenvalue weighted by Gasteiger charge is 2.50. The molecule has 5 aromatic rings. The summed E-state index contributed by atoms with van der Waals surface area (Å²) in [6.07, 6.45) is 4.49. The van der Waals surface area contributed by atoms with E-state index in [1.54, 1.807) is 29.5 Å². The molecule has 9 rings (SSSR count). The normalized spacial score (nSPS) is 18.2. The van der Waals surface area contributed by atoms with Crippen LogP contribution in [-0.2, 0) is 67.2 Å². The molecule has 5 atom stereocenters. The second kappa shape index (κ2) is 36.4. The summed E-state index contributed by atoms with van der Waals surface area (Å²) in [6, 6.07) is 25.3. The van der Waals surface area contributed by atoms with Gasteiger partial charge in [-0.3, -0.25) is 57.5 Å². The molecule has 5 heterocycles. The number of aryl methyl sites for hydroxylation is 1. The van der Waals surface area contributed by atoms with Crippen LogP contribution in [0.25, 0.3) is 17.1 Å². The van der Waals surface area contributed by atoms with Crippen molar-refractivity contribution in [1.82, 2.24) is 60.9 Å². The van der Waals surface area contributed by atoms with Gasteiger partial charge in [0.15, 0.2) is 11.6 Å². The molecule has 0 radical (unpaired) electrons. The van der Waals surface area contributed by atoms with Gasteiger partial charge in [0, 0.05) is 82.9 Å². The minimum absolute atomic E-state index is 0.0182. The average Bonchev–Trinajstić information content (AvgIpc) is 1.67. The van der Waals surface area contributed by atoms with Crippen LogP contribution in [0.4, 0.5) is 0 Å². The quantitative estimate of drug-likeness (QED) is 0.0165. The van der Waals surface area contributed by atoms with Crippen LogP contribution in [0.1, 0.15) is 165 Å². The molecule has 7 amide bonds. The molecular weight excluding hydrogens is 1310 g/mol. The summed E-state index contributed by atoms with van der Waals surface area (Å²) < 4.78 is 12.9. The van der Waals surface area contributed by atoms with Crippen LogP contribution < -0.4 is 26.6 Å². The first-order valence-electron chi connectivity index (χ1n) is 36.8. The van der Waals surface area contributed by atoms with Crippen LogP contribution in [0, 0.1) is 17.8 Å². The summed E-state index contributed by atoms with van der Waals surface area (Å²) in [5, 5.41) is 44.6. The van der Waals surface area contributed by atoms with Crippen molar-refractivity contribution in [3.63, 3.8) is 0 Å². The third-order valence-electron chi connectivity index (χ3n) is 20.1. The Morgan fingerprint density at radius 3 is 1.84 bits per heavy atom. The van der Waals surface area contributed by atoms with E-state index in [0.29, 0.717) is 107 Å². The monoisotopic (exact) mass is 1420 g/mol. The molecule has 7 N–H and O–H groups in total. The number of esters is 1. The Hall–Kier alpha value is -9.07. The van der Waals surface area contributed by atoms with E-state index in [-0.39, 0.29) is 116 Å². The Kier molecular flexibility index (Phi) is 27.6. The molecule has 4 saturated heterocycles. The van der Waals surface area contributed by atoms with Crippen LogP contribution >= 0.6 is 0 Å². The Bertz CT molecular complexity index is 3730. The molecule has 4 aromatic carbocycles. The van der Waals surface area contributed by atoms with Crippen molar-refractivity contribution in [1.29, 1.82) is 0 Å². The number of ether oxygens (including phenoxy) is 2. The number of phenols is 2. The second-order valence-corrected chi connectivity index (χ2v) is 29.5. The van der Waals surface area contributed by atoms with Gasteiger partial charge >= 0.3 is 5.97 Å². The first-order valence-corrected chi connectivity index (χ1v) is 36.8. The molecule has 556 valence electrons. The Labute approximate surface area is 604 Å². The number of phenolic OH excluding ortho intramolecular Hbond substituents is 2. The van der Waals surface area contributed by atoms with E-state index in [9.17, 15) is 53.4 Å². The molecule has 4 aliphatic rings. The summed E-state index contributed by atoms with van der Waals surface area (Å²) in [5.74, 6) is -3.31. The Balaban J connectivity index is 0.697. The molecule has 1 unspecified atom stereocenters. The molecule has 0 bridgehead atoms. The van der Waals surface area contributed by atoms with Crippen LogP contribution in [0.15, 0.2) is 97.1 Å². The Morgan fingerprint density at radius 2 is 1.23 bits per heavy atom. The van der Waals surface area contributed by atoms with E-state index in [2.05, 4.69) is 41.7 Å². The first-order chi connectivity index (χ1) is 49.2. The fourth-order valence-corrected chi connectivity index (χ4v) is 14.0. The van der Waals surface area contributed by atoms with Gasteiger partial charge in [-0.05, 0) is 149 Å². The van der Waals surface area contributed by atoms with Crippen LogP contribution in [0.3, 0.4) is 0 Å². The van der Waals surface area contributed by atoms with Crippen molar-refractivity contribution < 1.29 is 62.8 Å². The number of rotatable bonds is 33. The number of carbonyl (C=O) groups excluding carboxylic acids is 9. The standard InChI is InChI=1S/C78H106N12O13/c1-10-79-76(100)72-85-84-71(60-44-59(51(6)7)65(91)45-66(60)92)90(72)57-24-21-54(22-25-57)46-87-35-29-55(30-36-87)77(101)89-39-31-56(32-40-89)86(9)68(94)27-28-69(95)103-58-33-37-88(38-34-58)47-67(93)80-61(26-23-52-17-13-11-14-18-52)73(97)82-63(42-50(4)5)74(98)83-64(43-53-19-15-12-16-20-53)75(99)81-62(41-49(2)3)70(96)78(8)48-102-78/h11-22,24-25,44-45,49-51,55-56,58,61-64,91-92H,10,23,26-43,46-48H2,1-9H3,(H,79,100)(H,80,93)(H,81,99)(H,82,97)(H,83,98)/t61?,62-,63-,64-,78+/m0/s1. The van der Waals surface area contributed by atoms with E-state index < -0.39 is 71.4 Å². The van der Waals surface area contributed by atoms with E-state index in [4.69, 9.17) is 9.47 Å². The van der Waals surface area contributed by atoms with Crippen molar-refractivity contribution in [3.05, 3.63) is 125 Å². The van der Waals surface area contributed by atoms with Gasteiger partial charge in [-0.15, -0.1) is 10.2 Å². The number of aromatic nitrogens is 3. The number of amides is 7. The minimum Gasteiger partial charge on any atom is -0.508 e. The predicted octanol–water partition coefficient (Wildman–Crippen LogP) is 6.93. The highest BCUT2D eigenvalue weighted by molar-refractivity contribution is 5.99. The topological polar surface area (TPSA) is 320 Å². The summed E-state index contributed by atoms with van der Waals surface area (Å²) in [4.78, 5) is 132. The van der Waals surface area contributed by atoms with Crippen molar-refractivity contribution >= 4 is 53.1 Å². The number of nitrogens with one attached hydrogen (secondary N) is 5. The van der Waals surface area contributed by atoms with Crippen molar-refractivity contribution in [2.24, 2.45) is 17.8 Å². The SMILES string of the molecule is CCNC(=O)c1nnc(-c2cc(C(C)C)c(O)cc2O)n1-c1ccc(CN2CCC(C(=O)N3CCC(N(C)C(=O)CCC(=O)OC4CCN(CC(=O)NC(CCc5ccccc5)C(=O)N[C@@H](CC(C)C)C(=O)N[C@@H](Cc5ccccc5)C(=O)N[C@@H](CC(C)C)C(=O)[C@@]5(C)CO5)CC4)CC3)CC2)cc1. The van der Waals surface area contributed by atoms with Gasteiger partial charge in [-0.1, -0.05) is 114 Å². The number of piperidine rings is 3. The third-order valence-corrected chi connectivity index (χ3v) is 20.1. The van der Waals surface area contributed by atoms with Crippen molar-refractivity contribution in [2.45, 2.75) is 193 Å². The average molecular weight is 1420 g/mol. The highest BCUT2D eigenvalue weighted by Crippen LogP contribution is 2.39. The number of Topliss-reactive ketones (excluding diaryl/α,β-unsaturated/α-hetero) is 1. The molecule has 4 fully saturated rings. The second-order valence-electron chi connectivity index (χ2n) is 29.5. The van der Waals surface area contributed by atoms with E-state index >= 15 is 0 Å². The zero-order valence-corrected chi connectivity index (χ0v) is 61.3. The number of nitrogens with zero attached hydrogens (tertiary/aromatic N) is 7. The lowest BCUT2D eigenvalue weighted by atomic mass is 9.93. The van der Waals surface area contributed by atoms with Gasteiger partial charge in [0.05, 0.1) is 31.2 Å². The number of aromatic hydroxyl groups is 2. The van der Waals surface area contributed by atoms with Gasteiger partial charge in [-0.25, -0.2) is 0 Å². The third kappa shape index (κ3) is 21.8. The number of likely N-dealkylation sites (tertiary alicyclic amines) is 3. The van der Waals surface area contributed by atoms with E-state index in [0.717, 1.165) is 29.8 Å². The van der Waals surface area contributed by atoms with E-state index in [1.165, 1.54) is 6.07 Å². The lowest BCUT2D eigenvalue weighted by Crippen LogP contribution is -2.59. The highest BCUT2D eigenvalue weighted by atomic mass is 16.6. The maximum atomic E-state index is 14.5. The number of hydrogen-bond acceptors (Lipinski definition) is 17. The number of carbonyl (C=O) groups is 9. The first kappa shape index (κ1) is 78.1. The maximum absolute atomic E-state index is 14.5. The molecule has 4 aliphatic heterocycles. The maximum Gasteiger partial charge on any atom is 0.306 e. The fraction of sp³-hybridized carbons (Fsp3) is 0.551. The molecule has 0 saturated carbocycles. The van der Waals surface area contributed by atoms with Gasteiger partial charge in [0.2, 0.25) is 41.3 Å². The summed E-state index contributed by atoms with van der Waals surface area (Å²) in [5.41, 5.74) is 3.36. The Morgan fingerprint density at radius 1 is 0.650 bits per heavy atom. The zero-order chi connectivity index (χ0) is 74.1. The lowest BCUT2D eigenvalue weighted by Gasteiger charge is -2.39. The molecular formula is C78H106N12O13. The van der Waals surface area contributed by atoms with Gasteiger partial charge in [0.1, 0.15) is 41.3 Å². The van der Waals surface area contributed by atoms with Crippen molar-refractivity contribution in [2.75, 3.05) is 66.0 Å². The molecule has 1 aromatic heterocycles. The smallest absolute Gasteiger partial charge is 0.306 e. The number of epoxide rings is 1. The predicted molar refractivity (Wildman–Crippen MR) is 388 cm³/mol. The van der Waals surface area contributed by atoms with Gasteiger partial charge < -0.3 is 56.1 Å². The minimum atomic E-state index is -1.10. The van der Waals surface area contributed by atoms with Crippen LogP contribution in [0.2, 0.25) is 0 Å². The number of benzene rings is 4. The zero-order valence-electron chi connectivity index (χ0n) is 61.3. The van der Waals surface area contributed by atoms with Gasteiger partial charge in [0.25, 0.3) is 5.91 Å². The molecule has 0 aliphatic carbocycles. The van der Waals surface area contributed by atoms with Crippen molar-refractivity contribution in [3.8, 4) is 28.6 Å². The molecule has 0 spiro atoms. The van der Waals surface area contributed by atoms with Crippen LogP contribution in [0.5, 0.6) is 11.5 Å². The number of hydrogen-bond donors (Lipinski definition) is 7. The molecule has 25 nitrogen and oxygen atoms in total. The summed E-state index contributed by atoms with van der Waals surface area (Å²) in [6.45, 7) is 19.8. The van der Waals surface area contributed by atoms with Gasteiger partial charge in [-0.2, -0.15) is 0 Å². The summed E-state index contributed by atoms with van der Waals surface area (Å²) >= 11 is 0. The largest absolute Gasteiger partial charge is 0.508 e. The summed E-state index contributed by atoms with van der Waals surface area (Å²) in [7, 11) is 1.75. The lowest BCUT2D eigenvalue weighted by molar-refractivity contribution is -0.153.